The van der Waals surface area contributed by atoms with E-state index < -0.39 is 0 Å². The summed E-state index contributed by atoms with van der Waals surface area (Å²) in [5, 5.41) is 3.35. The maximum Gasteiger partial charge on any atom is 0.117 e. The van der Waals surface area contributed by atoms with Crippen molar-refractivity contribution in [2.24, 2.45) is 0 Å². The van der Waals surface area contributed by atoms with Crippen LogP contribution in [0, 0.1) is 0 Å². The molecule has 2 heterocycles. The summed E-state index contributed by atoms with van der Waals surface area (Å²) in [7, 11) is 0. The zero-order chi connectivity index (χ0) is 11.9. The summed E-state index contributed by atoms with van der Waals surface area (Å²) in [6.07, 6.45) is 6.59. The zero-order valence-electron chi connectivity index (χ0n) is 9.90. The lowest BCUT2D eigenvalue weighted by Gasteiger charge is -2.01. The number of furan rings is 1. The van der Waals surface area contributed by atoms with Crippen LogP contribution in [0.4, 0.5) is 0 Å². The summed E-state index contributed by atoms with van der Waals surface area (Å²) in [5.74, 6) is 2.98. The van der Waals surface area contributed by atoms with Gasteiger partial charge in [0.1, 0.15) is 11.5 Å². The van der Waals surface area contributed by atoms with E-state index >= 15 is 0 Å². The van der Waals surface area contributed by atoms with Crippen molar-refractivity contribution >= 4 is 11.8 Å². The smallest absolute Gasteiger partial charge is 0.117 e. The molecular weight excluding hydrogens is 234 g/mol. The van der Waals surface area contributed by atoms with Gasteiger partial charge in [0.2, 0.25) is 0 Å². The van der Waals surface area contributed by atoms with Crippen molar-refractivity contribution < 1.29 is 4.42 Å². The highest BCUT2D eigenvalue weighted by Gasteiger charge is 2.01. The van der Waals surface area contributed by atoms with Crippen molar-refractivity contribution in [3.63, 3.8) is 0 Å². The molecule has 0 atom stereocenters. The van der Waals surface area contributed by atoms with Gasteiger partial charge >= 0.3 is 0 Å². The van der Waals surface area contributed by atoms with Gasteiger partial charge in [0, 0.05) is 24.9 Å². The molecule has 0 aliphatic carbocycles. The fourth-order valence-corrected chi connectivity index (χ4v) is 2.03. The Morgan fingerprint density at radius 2 is 2.29 bits per heavy atom. The van der Waals surface area contributed by atoms with Gasteiger partial charge in [0.25, 0.3) is 0 Å². The Morgan fingerprint density at radius 3 is 3.06 bits per heavy atom. The van der Waals surface area contributed by atoms with Crippen LogP contribution in [0.15, 0.2) is 29.1 Å². The molecule has 92 valence electrons. The molecule has 2 N–H and O–H groups in total. The SMILES string of the molecule is CSCc1ccc(CNCCc2cnc[nH]2)o1. The summed E-state index contributed by atoms with van der Waals surface area (Å²) in [6, 6.07) is 4.08. The summed E-state index contributed by atoms with van der Waals surface area (Å²) in [5.41, 5.74) is 1.15. The molecule has 4 nitrogen and oxygen atoms in total. The van der Waals surface area contributed by atoms with E-state index in [0.29, 0.717) is 0 Å². The summed E-state index contributed by atoms with van der Waals surface area (Å²) < 4.78 is 5.66. The Hall–Kier alpha value is -1.20. The van der Waals surface area contributed by atoms with E-state index in [0.717, 1.165) is 42.5 Å². The van der Waals surface area contributed by atoms with Crippen LogP contribution in [0.1, 0.15) is 17.2 Å². The van der Waals surface area contributed by atoms with Crippen LogP contribution in [0.5, 0.6) is 0 Å². The normalized spacial score (nSPS) is 10.9. The predicted octanol–water partition coefficient (Wildman–Crippen LogP) is 2.20. The van der Waals surface area contributed by atoms with Gasteiger partial charge in [-0.3, -0.25) is 0 Å². The highest BCUT2D eigenvalue weighted by Crippen LogP contribution is 2.13. The van der Waals surface area contributed by atoms with Gasteiger partial charge in [-0.15, -0.1) is 0 Å². The predicted molar refractivity (Wildman–Crippen MR) is 69.9 cm³/mol. The number of imidazole rings is 1. The molecule has 0 radical (unpaired) electrons. The highest BCUT2D eigenvalue weighted by atomic mass is 32.2. The molecule has 0 fully saturated rings. The van der Waals surface area contributed by atoms with Crippen LogP contribution < -0.4 is 5.32 Å². The largest absolute Gasteiger partial charge is 0.464 e. The first-order chi connectivity index (χ1) is 8.38. The minimum Gasteiger partial charge on any atom is -0.464 e. The second-order valence-corrected chi connectivity index (χ2v) is 4.67. The Labute approximate surface area is 105 Å². The number of H-pyrrole nitrogens is 1. The molecule has 0 aliphatic heterocycles. The van der Waals surface area contributed by atoms with Crippen molar-refractivity contribution in [1.29, 1.82) is 0 Å². The first-order valence-electron chi connectivity index (χ1n) is 5.63. The van der Waals surface area contributed by atoms with E-state index in [9.17, 15) is 0 Å². The minimum absolute atomic E-state index is 0.780. The zero-order valence-corrected chi connectivity index (χ0v) is 10.7. The molecule has 0 amide bonds. The van der Waals surface area contributed by atoms with Gasteiger partial charge in [0.15, 0.2) is 0 Å². The number of thioether (sulfide) groups is 1. The Morgan fingerprint density at radius 1 is 1.41 bits per heavy atom. The molecule has 0 saturated heterocycles. The van der Waals surface area contributed by atoms with Crippen LogP contribution >= 0.6 is 11.8 Å². The maximum absolute atomic E-state index is 5.66. The Kier molecular flexibility index (Phi) is 4.70. The molecular formula is C12H17N3OS. The number of hydrogen-bond donors (Lipinski definition) is 2. The fourth-order valence-electron chi connectivity index (χ4n) is 1.59. The first-order valence-corrected chi connectivity index (χ1v) is 7.02. The maximum atomic E-state index is 5.66. The number of aromatic nitrogens is 2. The number of nitrogens with zero attached hydrogens (tertiary/aromatic N) is 1. The van der Waals surface area contributed by atoms with Crippen molar-refractivity contribution in [2.75, 3.05) is 12.8 Å². The van der Waals surface area contributed by atoms with Crippen molar-refractivity contribution in [3.05, 3.63) is 41.9 Å². The molecule has 0 aromatic carbocycles. The van der Waals surface area contributed by atoms with Crippen LogP contribution in [0.25, 0.3) is 0 Å². The van der Waals surface area contributed by atoms with E-state index in [1.165, 1.54) is 0 Å². The van der Waals surface area contributed by atoms with E-state index in [-0.39, 0.29) is 0 Å². The Balaban J connectivity index is 1.67. The van der Waals surface area contributed by atoms with E-state index in [4.69, 9.17) is 4.42 Å². The number of aromatic amines is 1. The lowest BCUT2D eigenvalue weighted by Crippen LogP contribution is -2.16. The van der Waals surface area contributed by atoms with Crippen LogP contribution in [0.3, 0.4) is 0 Å². The average Bonchev–Trinajstić information content (AvgIpc) is 2.96. The molecule has 0 aliphatic rings. The third kappa shape index (κ3) is 3.94. The molecule has 0 bridgehead atoms. The average molecular weight is 251 g/mol. The number of hydrogen-bond acceptors (Lipinski definition) is 4. The number of rotatable bonds is 7. The minimum atomic E-state index is 0.780. The van der Waals surface area contributed by atoms with Gasteiger partial charge < -0.3 is 14.7 Å². The summed E-state index contributed by atoms with van der Waals surface area (Å²) in [6.45, 7) is 1.70. The van der Waals surface area contributed by atoms with Crippen molar-refractivity contribution in [2.45, 2.75) is 18.7 Å². The number of nitrogens with one attached hydrogen (secondary N) is 2. The van der Waals surface area contributed by atoms with Gasteiger partial charge in [0.05, 0.1) is 18.6 Å². The Bertz CT molecular complexity index is 425. The van der Waals surface area contributed by atoms with E-state index in [1.54, 1.807) is 18.1 Å². The first kappa shape index (κ1) is 12.3. The monoisotopic (exact) mass is 251 g/mol. The standard InChI is InChI=1S/C12H17N3OS/c1-17-8-12-3-2-11(16-12)7-13-5-4-10-6-14-9-15-10/h2-3,6,9,13H,4-5,7-8H2,1H3,(H,14,15). The van der Waals surface area contributed by atoms with Crippen LogP contribution in [-0.2, 0) is 18.7 Å². The topological polar surface area (TPSA) is 53.9 Å². The molecule has 0 unspecified atom stereocenters. The van der Waals surface area contributed by atoms with Crippen molar-refractivity contribution in [3.8, 4) is 0 Å². The molecule has 0 saturated carbocycles. The summed E-state index contributed by atoms with van der Waals surface area (Å²) in [4.78, 5) is 7.06. The molecule has 2 aromatic rings. The molecule has 2 rings (SSSR count). The third-order valence-corrected chi connectivity index (χ3v) is 3.00. The van der Waals surface area contributed by atoms with Gasteiger partial charge in [-0.05, 0) is 18.4 Å². The third-order valence-electron chi connectivity index (χ3n) is 2.43. The molecule has 2 aromatic heterocycles. The second-order valence-electron chi connectivity index (χ2n) is 3.80. The molecule has 5 heteroatoms. The van der Waals surface area contributed by atoms with Crippen LogP contribution in [0.2, 0.25) is 0 Å². The highest BCUT2D eigenvalue weighted by molar-refractivity contribution is 7.97. The fraction of sp³-hybridized carbons (Fsp3) is 0.417. The van der Waals surface area contributed by atoms with Crippen molar-refractivity contribution in [1.82, 2.24) is 15.3 Å². The van der Waals surface area contributed by atoms with E-state index in [2.05, 4.69) is 21.5 Å². The van der Waals surface area contributed by atoms with Gasteiger partial charge in [-0.1, -0.05) is 0 Å². The summed E-state index contributed by atoms with van der Waals surface area (Å²) >= 11 is 1.77. The molecule has 17 heavy (non-hydrogen) atoms. The van der Waals surface area contributed by atoms with E-state index in [1.807, 2.05) is 18.3 Å². The quantitative estimate of drug-likeness (QED) is 0.741. The lowest BCUT2D eigenvalue weighted by molar-refractivity contribution is 0.460. The second kappa shape index (κ2) is 6.51. The van der Waals surface area contributed by atoms with Gasteiger partial charge in [-0.2, -0.15) is 11.8 Å². The van der Waals surface area contributed by atoms with Crippen LogP contribution in [-0.4, -0.2) is 22.8 Å². The van der Waals surface area contributed by atoms with Gasteiger partial charge in [-0.25, -0.2) is 4.98 Å². The lowest BCUT2D eigenvalue weighted by atomic mass is 10.3. The molecule has 0 spiro atoms.